The highest BCUT2D eigenvalue weighted by Crippen LogP contribution is 2.37. The first kappa shape index (κ1) is 19.8. The Morgan fingerprint density at radius 3 is 2.72 bits per heavy atom. The second-order valence-electron chi connectivity index (χ2n) is 7.82. The van der Waals surface area contributed by atoms with Crippen LogP contribution in [-0.2, 0) is 11.2 Å². The van der Waals surface area contributed by atoms with Gasteiger partial charge >= 0.3 is 0 Å². The zero-order valence-corrected chi connectivity index (χ0v) is 16.9. The van der Waals surface area contributed by atoms with Crippen LogP contribution in [0.4, 0.5) is 0 Å². The van der Waals surface area contributed by atoms with Crippen LogP contribution in [0.25, 0.3) is 0 Å². The molecule has 154 valence electrons. The number of carbonyl (C=O) groups excluding carboxylic acids is 1. The number of carbonyl (C=O) groups is 1. The summed E-state index contributed by atoms with van der Waals surface area (Å²) in [4.78, 5) is 14.8. The van der Waals surface area contributed by atoms with Crippen molar-refractivity contribution in [1.82, 2.24) is 10.2 Å². The molecular weight excluding hydrogens is 364 g/mol. The largest absolute Gasteiger partial charge is 0.490 e. The van der Waals surface area contributed by atoms with Crippen LogP contribution in [0.2, 0.25) is 0 Å². The van der Waals surface area contributed by atoms with Gasteiger partial charge in [0.15, 0.2) is 11.5 Å². The average Bonchev–Trinajstić information content (AvgIpc) is 3.07. The second-order valence-corrected chi connectivity index (χ2v) is 7.82. The van der Waals surface area contributed by atoms with Crippen molar-refractivity contribution < 1.29 is 14.3 Å². The van der Waals surface area contributed by atoms with E-state index in [1.54, 1.807) is 0 Å². The van der Waals surface area contributed by atoms with Crippen molar-refractivity contribution in [2.24, 2.45) is 0 Å². The lowest BCUT2D eigenvalue weighted by molar-refractivity contribution is -0.122. The molecule has 0 saturated carbocycles. The van der Waals surface area contributed by atoms with Crippen molar-refractivity contribution in [3.63, 3.8) is 0 Å². The highest BCUT2D eigenvalue weighted by atomic mass is 16.5. The van der Waals surface area contributed by atoms with Gasteiger partial charge in [-0.2, -0.15) is 0 Å². The van der Waals surface area contributed by atoms with Crippen molar-refractivity contribution in [2.45, 2.75) is 38.1 Å². The summed E-state index contributed by atoms with van der Waals surface area (Å²) in [7, 11) is 0. The highest BCUT2D eigenvalue weighted by Gasteiger charge is 2.28. The molecule has 0 aromatic heterocycles. The van der Waals surface area contributed by atoms with Gasteiger partial charge in [0.05, 0.1) is 19.8 Å². The number of hydrogen-bond acceptors (Lipinski definition) is 4. The molecule has 5 heteroatoms. The van der Waals surface area contributed by atoms with E-state index in [4.69, 9.17) is 9.47 Å². The van der Waals surface area contributed by atoms with Gasteiger partial charge in [-0.15, -0.1) is 0 Å². The van der Waals surface area contributed by atoms with Crippen LogP contribution in [0.1, 0.15) is 42.9 Å². The van der Waals surface area contributed by atoms with E-state index in [0.29, 0.717) is 19.8 Å². The van der Waals surface area contributed by atoms with Crippen molar-refractivity contribution in [3.05, 3.63) is 59.7 Å². The van der Waals surface area contributed by atoms with Crippen LogP contribution >= 0.6 is 0 Å². The van der Waals surface area contributed by atoms with E-state index in [1.165, 1.54) is 11.1 Å². The highest BCUT2D eigenvalue weighted by molar-refractivity contribution is 5.78. The molecule has 2 aromatic carbocycles. The SMILES string of the molecule is O=C(CN1CCC[C@@H]1c1ccc2c(c1)OCCCO2)NCCCc1ccccc1. The number of nitrogens with zero attached hydrogens (tertiary/aromatic N) is 1. The summed E-state index contributed by atoms with van der Waals surface area (Å²) in [6.07, 6.45) is 5.04. The minimum absolute atomic E-state index is 0.110. The zero-order valence-electron chi connectivity index (χ0n) is 16.9. The molecule has 0 bridgehead atoms. The van der Waals surface area contributed by atoms with Gasteiger partial charge in [0.2, 0.25) is 5.91 Å². The first-order valence-corrected chi connectivity index (χ1v) is 10.7. The molecule has 2 aliphatic heterocycles. The molecule has 2 aliphatic rings. The van der Waals surface area contributed by atoms with Crippen LogP contribution < -0.4 is 14.8 Å². The molecule has 1 amide bonds. The maximum Gasteiger partial charge on any atom is 0.234 e. The number of benzene rings is 2. The Hall–Kier alpha value is -2.53. The maximum atomic E-state index is 12.5. The monoisotopic (exact) mass is 394 g/mol. The third-order valence-electron chi connectivity index (χ3n) is 5.67. The van der Waals surface area contributed by atoms with E-state index >= 15 is 0 Å². The quantitative estimate of drug-likeness (QED) is 0.727. The van der Waals surface area contributed by atoms with E-state index in [1.807, 2.05) is 12.1 Å². The number of ether oxygens (including phenoxy) is 2. The predicted octanol–water partition coefficient (Wildman–Crippen LogP) is 3.73. The fourth-order valence-corrected chi connectivity index (χ4v) is 4.19. The Morgan fingerprint density at radius 2 is 1.86 bits per heavy atom. The molecule has 0 unspecified atom stereocenters. The Labute approximate surface area is 173 Å². The van der Waals surface area contributed by atoms with Crippen molar-refractivity contribution in [2.75, 3.05) is 32.8 Å². The van der Waals surface area contributed by atoms with Crippen molar-refractivity contribution in [3.8, 4) is 11.5 Å². The Kier molecular flexibility index (Phi) is 6.67. The molecule has 1 fully saturated rings. The number of nitrogens with one attached hydrogen (secondary N) is 1. The molecule has 1 N–H and O–H groups in total. The van der Waals surface area contributed by atoms with Gasteiger partial charge in [0, 0.05) is 19.0 Å². The van der Waals surface area contributed by atoms with E-state index in [9.17, 15) is 4.79 Å². The Morgan fingerprint density at radius 1 is 1.03 bits per heavy atom. The molecular formula is C24H30N2O3. The number of hydrogen-bond donors (Lipinski definition) is 1. The summed E-state index contributed by atoms with van der Waals surface area (Å²) < 4.78 is 11.6. The van der Waals surface area contributed by atoms with Crippen LogP contribution in [0.15, 0.2) is 48.5 Å². The Bertz CT molecular complexity index is 809. The van der Waals surface area contributed by atoms with Crippen molar-refractivity contribution >= 4 is 5.91 Å². The number of rotatable bonds is 7. The molecule has 5 nitrogen and oxygen atoms in total. The summed E-state index contributed by atoms with van der Waals surface area (Å²) in [5, 5.41) is 3.08. The minimum Gasteiger partial charge on any atom is -0.490 e. The Balaban J connectivity index is 1.28. The number of likely N-dealkylation sites (tertiary alicyclic amines) is 1. The van der Waals surface area contributed by atoms with Crippen LogP contribution in [-0.4, -0.2) is 43.7 Å². The van der Waals surface area contributed by atoms with Crippen LogP contribution in [0.3, 0.4) is 0 Å². The summed E-state index contributed by atoms with van der Waals surface area (Å²) in [6.45, 7) is 3.51. The van der Waals surface area contributed by atoms with E-state index < -0.39 is 0 Å². The van der Waals surface area contributed by atoms with Crippen LogP contribution in [0, 0.1) is 0 Å². The molecule has 1 saturated heterocycles. The van der Waals surface area contributed by atoms with Gasteiger partial charge in [0.25, 0.3) is 0 Å². The lowest BCUT2D eigenvalue weighted by Crippen LogP contribution is -2.37. The molecule has 1 atom stereocenters. The third kappa shape index (κ3) is 5.30. The molecule has 2 aromatic rings. The van der Waals surface area contributed by atoms with Gasteiger partial charge < -0.3 is 14.8 Å². The second kappa shape index (κ2) is 9.79. The average molecular weight is 395 g/mol. The molecule has 0 spiro atoms. The topological polar surface area (TPSA) is 50.8 Å². The van der Waals surface area contributed by atoms with E-state index in [-0.39, 0.29) is 11.9 Å². The fourth-order valence-electron chi connectivity index (χ4n) is 4.19. The fraction of sp³-hybridized carbons (Fsp3) is 0.458. The summed E-state index contributed by atoms with van der Waals surface area (Å²) in [6, 6.07) is 16.9. The third-order valence-corrected chi connectivity index (χ3v) is 5.67. The standard InChI is InChI=1S/C24H30N2O3/c27-24(25-13-4-9-19-7-2-1-3-8-19)18-26-14-5-10-21(26)20-11-12-22-23(17-20)29-16-6-15-28-22/h1-3,7-8,11-12,17,21H,4-6,9-10,13-16,18H2,(H,25,27)/t21-/m1/s1. The zero-order chi connectivity index (χ0) is 19.9. The van der Waals surface area contributed by atoms with E-state index in [0.717, 1.165) is 56.7 Å². The maximum absolute atomic E-state index is 12.5. The number of fused-ring (bicyclic) bond motifs is 1. The molecule has 29 heavy (non-hydrogen) atoms. The van der Waals surface area contributed by atoms with Gasteiger partial charge in [0.1, 0.15) is 0 Å². The molecule has 0 aliphatic carbocycles. The van der Waals surface area contributed by atoms with Gasteiger partial charge in [-0.25, -0.2) is 0 Å². The van der Waals surface area contributed by atoms with Gasteiger partial charge in [-0.1, -0.05) is 36.4 Å². The van der Waals surface area contributed by atoms with Gasteiger partial charge in [-0.3, -0.25) is 9.69 Å². The van der Waals surface area contributed by atoms with E-state index in [2.05, 4.69) is 46.6 Å². The van der Waals surface area contributed by atoms with Crippen LogP contribution in [0.5, 0.6) is 11.5 Å². The first-order valence-electron chi connectivity index (χ1n) is 10.7. The van der Waals surface area contributed by atoms with Gasteiger partial charge in [-0.05, 0) is 55.5 Å². The lowest BCUT2D eigenvalue weighted by Gasteiger charge is -2.25. The summed E-state index contributed by atoms with van der Waals surface area (Å²) in [5.41, 5.74) is 2.53. The number of amides is 1. The molecule has 4 rings (SSSR count). The molecule has 2 heterocycles. The van der Waals surface area contributed by atoms with Crippen molar-refractivity contribution in [1.29, 1.82) is 0 Å². The summed E-state index contributed by atoms with van der Waals surface area (Å²) in [5.74, 6) is 1.77. The smallest absolute Gasteiger partial charge is 0.234 e. The normalized spacial score (nSPS) is 19.0. The molecule has 0 radical (unpaired) electrons. The number of aryl methyl sites for hydroxylation is 1. The summed E-state index contributed by atoms with van der Waals surface area (Å²) >= 11 is 0. The minimum atomic E-state index is 0.110. The predicted molar refractivity (Wildman–Crippen MR) is 113 cm³/mol. The lowest BCUT2D eigenvalue weighted by atomic mass is 10.0. The first-order chi connectivity index (χ1) is 14.3.